The molecule has 1 aliphatic heterocycles. The molecule has 0 spiro atoms. The Morgan fingerprint density at radius 2 is 2.00 bits per heavy atom. The Labute approximate surface area is 150 Å². The molecule has 2 unspecified atom stereocenters. The second-order valence-electron chi connectivity index (χ2n) is 6.03. The Kier molecular flexibility index (Phi) is 8.18. The molecule has 1 saturated heterocycles. The summed E-state index contributed by atoms with van der Waals surface area (Å²) in [7, 11) is 1.67. The molecule has 6 nitrogen and oxygen atoms in total. The van der Waals surface area contributed by atoms with E-state index >= 15 is 0 Å². The number of hydrogen-bond donors (Lipinski definition) is 1. The summed E-state index contributed by atoms with van der Waals surface area (Å²) in [5.41, 5.74) is 1.11. The van der Waals surface area contributed by atoms with Crippen LogP contribution in [0.15, 0.2) is 24.3 Å². The fourth-order valence-corrected chi connectivity index (χ4v) is 2.84. The summed E-state index contributed by atoms with van der Waals surface area (Å²) < 4.78 is 16.4. The first-order valence-corrected chi connectivity index (χ1v) is 9.06. The van der Waals surface area contributed by atoms with Gasteiger partial charge in [0.15, 0.2) is 6.29 Å². The van der Waals surface area contributed by atoms with Crippen LogP contribution >= 0.6 is 0 Å². The number of carbonyl (C=O) groups is 1. The Morgan fingerprint density at radius 1 is 1.28 bits per heavy atom. The Morgan fingerprint density at radius 3 is 2.68 bits per heavy atom. The van der Waals surface area contributed by atoms with Crippen LogP contribution in [0.2, 0.25) is 0 Å². The summed E-state index contributed by atoms with van der Waals surface area (Å²) in [4.78, 5) is 14.3. The molecule has 0 radical (unpaired) electrons. The smallest absolute Gasteiger partial charge is 0.238 e. The number of amides is 1. The highest BCUT2D eigenvalue weighted by atomic mass is 16.7. The number of rotatable bonds is 12. The third kappa shape index (κ3) is 6.30. The second-order valence-corrected chi connectivity index (χ2v) is 6.03. The quantitative estimate of drug-likeness (QED) is 0.356. The molecule has 0 aliphatic carbocycles. The number of nitrogens with zero attached hydrogens (tertiary/aromatic N) is 1. The van der Waals surface area contributed by atoms with Crippen molar-refractivity contribution < 1.29 is 19.0 Å². The van der Waals surface area contributed by atoms with E-state index in [1.807, 2.05) is 38.1 Å². The number of benzene rings is 1. The molecule has 2 atom stereocenters. The third-order valence-corrected chi connectivity index (χ3v) is 4.20. The molecule has 25 heavy (non-hydrogen) atoms. The lowest BCUT2D eigenvalue weighted by molar-refractivity contribution is -0.140. The highest BCUT2D eigenvalue weighted by Gasteiger charge is 2.40. The van der Waals surface area contributed by atoms with Gasteiger partial charge >= 0.3 is 0 Å². The van der Waals surface area contributed by atoms with E-state index in [9.17, 15) is 4.79 Å². The summed E-state index contributed by atoms with van der Waals surface area (Å²) in [5, 5.41) is 3.01. The zero-order valence-corrected chi connectivity index (χ0v) is 15.5. The zero-order valence-electron chi connectivity index (χ0n) is 15.5. The molecular weight excluding hydrogens is 320 g/mol. The lowest BCUT2D eigenvalue weighted by Gasteiger charge is -2.16. The summed E-state index contributed by atoms with van der Waals surface area (Å²) in [6.07, 6.45) is 1.46. The molecule has 2 rings (SSSR count). The van der Waals surface area contributed by atoms with Gasteiger partial charge in [-0.3, -0.25) is 9.69 Å². The van der Waals surface area contributed by atoms with Crippen LogP contribution in [0, 0.1) is 0 Å². The Balaban J connectivity index is 1.66. The molecule has 0 bridgehead atoms. The van der Waals surface area contributed by atoms with Crippen molar-refractivity contribution in [1.82, 2.24) is 10.2 Å². The van der Waals surface area contributed by atoms with Crippen LogP contribution in [0.4, 0.5) is 0 Å². The molecule has 1 aliphatic rings. The SMILES string of the molecule is CCOC(CCCNC(=O)C1CN1Cc1ccccc1OC)OCC. The Bertz CT molecular complexity index is 532. The molecule has 1 N–H and O–H groups in total. The van der Waals surface area contributed by atoms with Gasteiger partial charge in [-0.05, 0) is 26.3 Å². The molecular formula is C19H30N2O4. The largest absolute Gasteiger partial charge is 0.496 e. The molecule has 140 valence electrons. The monoisotopic (exact) mass is 350 g/mol. The van der Waals surface area contributed by atoms with Crippen LogP contribution in [0.5, 0.6) is 5.75 Å². The average Bonchev–Trinajstić information content (AvgIpc) is 3.38. The minimum absolute atomic E-state index is 0.0282. The number of ether oxygens (including phenoxy) is 3. The minimum atomic E-state index is -0.171. The molecule has 1 fully saturated rings. The molecule has 1 heterocycles. The third-order valence-electron chi connectivity index (χ3n) is 4.20. The number of nitrogens with one attached hydrogen (secondary N) is 1. The van der Waals surface area contributed by atoms with Crippen LogP contribution < -0.4 is 10.1 Å². The van der Waals surface area contributed by atoms with E-state index in [-0.39, 0.29) is 18.2 Å². The normalized spacial score (nSPS) is 19.0. The fraction of sp³-hybridized carbons (Fsp3) is 0.632. The van der Waals surface area contributed by atoms with E-state index in [0.717, 1.165) is 37.2 Å². The van der Waals surface area contributed by atoms with Gasteiger partial charge in [0.2, 0.25) is 5.91 Å². The van der Waals surface area contributed by atoms with E-state index in [1.165, 1.54) is 0 Å². The van der Waals surface area contributed by atoms with Crippen molar-refractivity contribution in [2.45, 2.75) is 45.6 Å². The lowest BCUT2D eigenvalue weighted by atomic mass is 10.2. The summed E-state index contributed by atoms with van der Waals surface area (Å²) in [5.74, 6) is 0.964. The molecule has 0 saturated carbocycles. The van der Waals surface area contributed by atoms with Crippen LogP contribution in [-0.4, -0.2) is 56.6 Å². The second kappa shape index (κ2) is 10.4. The van der Waals surface area contributed by atoms with E-state index in [4.69, 9.17) is 14.2 Å². The van der Waals surface area contributed by atoms with E-state index in [1.54, 1.807) is 7.11 Å². The lowest BCUT2D eigenvalue weighted by Crippen LogP contribution is -2.31. The molecule has 1 amide bonds. The van der Waals surface area contributed by atoms with Crippen molar-refractivity contribution in [3.8, 4) is 5.75 Å². The highest BCUT2D eigenvalue weighted by Crippen LogP contribution is 2.26. The van der Waals surface area contributed by atoms with Crippen LogP contribution in [-0.2, 0) is 20.8 Å². The average molecular weight is 350 g/mol. The van der Waals surface area contributed by atoms with E-state index in [0.29, 0.717) is 19.8 Å². The van der Waals surface area contributed by atoms with Gasteiger partial charge in [0, 0.05) is 44.8 Å². The van der Waals surface area contributed by atoms with Crippen molar-refractivity contribution in [2.24, 2.45) is 0 Å². The minimum Gasteiger partial charge on any atom is -0.496 e. The fourth-order valence-electron chi connectivity index (χ4n) is 2.84. The predicted octanol–water partition coefficient (Wildman–Crippen LogP) is 2.17. The first kappa shape index (κ1) is 19.7. The van der Waals surface area contributed by atoms with Crippen LogP contribution in [0.3, 0.4) is 0 Å². The van der Waals surface area contributed by atoms with Crippen molar-refractivity contribution in [1.29, 1.82) is 0 Å². The van der Waals surface area contributed by atoms with Gasteiger partial charge in [0.05, 0.1) is 7.11 Å². The number of para-hydroxylation sites is 1. The van der Waals surface area contributed by atoms with Gasteiger partial charge < -0.3 is 19.5 Å². The van der Waals surface area contributed by atoms with E-state index in [2.05, 4.69) is 10.2 Å². The standard InChI is InChI=1S/C19H30N2O4/c1-4-24-18(25-5-2)11-8-12-20-19(22)16-14-21(16)13-15-9-6-7-10-17(15)23-3/h6-7,9-10,16,18H,4-5,8,11-14H2,1-3H3,(H,20,22). The topological polar surface area (TPSA) is 59.8 Å². The van der Waals surface area contributed by atoms with Gasteiger partial charge in [-0.25, -0.2) is 0 Å². The molecule has 0 aromatic heterocycles. The van der Waals surface area contributed by atoms with Gasteiger partial charge in [-0.2, -0.15) is 0 Å². The maximum Gasteiger partial charge on any atom is 0.238 e. The predicted molar refractivity (Wildman–Crippen MR) is 96.5 cm³/mol. The zero-order chi connectivity index (χ0) is 18.1. The number of carbonyl (C=O) groups excluding carboxylic acids is 1. The van der Waals surface area contributed by atoms with Gasteiger partial charge in [-0.1, -0.05) is 18.2 Å². The van der Waals surface area contributed by atoms with Crippen LogP contribution in [0.25, 0.3) is 0 Å². The van der Waals surface area contributed by atoms with Gasteiger partial charge in [0.25, 0.3) is 0 Å². The summed E-state index contributed by atoms with van der Waals surface area (Å²) in [6.45, 7) is 7.36. The number of methoxy groups -OCH3 is 1. The van der Waals surface area contributed by atoms with Crippen LogP contribution in [0.1, 0.15) is 32.3 Å². The maximum atomic E-state index is 12.2. The number of hydrogen-bond acceptors (Lipinski definition) is 5. The Hall–Kier alpha value is -1.63. The van der Waals surface area contributed by atoms with E-state index < -0.39 is 0 Å². The first-order chi connectivity index (χ1) is 12.2. The van der Waals surface area contributed by atoms with Crippen molar-refractivity contribution >= 4 is 5.91 Å². The van der Waals surface area contributed by atoms with Crippen molar-refractivity contribution in [3.63, 3.8) is 0 Å². The maximum absolute atomic E-state index is 12.2. The van der Waals surface area contributed by atoms with Gasteiger partial charge in [0.1, 0.15) is 11.8 Å². The first-order valence-electron chi connectivity index (χ1n) is 9.06. The summed E-state index contributed by atoms with van der Waals surface area (Å²) >= 11 is 0. The summed E-state index contributed by atoms with van der Waals surface area (Å²) in [6, 6.07) is 7.89. The molecule has 1 aromatic rings. The van der Waals surface area contributed by atoms with Crippen molar-refractivity contribution in [3.05, 3.63) is 29.8 Å². The van der Waals surface area contributed by atoms with Crippen molar-refractivity contribution in [2.75, 3.05) is 33.4 Å². The highest BCUT2D eigenvalue weighted by molar-refractivity contribution is 5.84. The molecule has 1 aromatic carbocycles. The molecule has 6 heteroatoms. The van der Waals surface area contributed by atoms with Gasteiger partial charge in [-0.15, -0.1) is 0 Å².